The molecule has 0 saturated carbocycles. The Labute approximate surface area is 131 Å². The number of hydrogen-bond acceptors (Lipinski definition) is 4. The van der Waals surface area contributed by atoms with Crippen LogP contribution in [0, 0.1) is 0 Å². The molecule has 0 aliphatic heterocycles. The summed E-state index contributed by atoms with van der Waals surface area (Å²) in [5.74, 6) is -1.04. The zero-order chi connectivity index (χ0) is 15.7. The smallest absolute Gasteiger partial charge is 0.358 e. The van der Waals surface area contributed by atoms with E-state index in [0.29, 0.717) is 12.2 Å². The number of aromatic carboxylic acids is 1. The first kappa shape index (κ1) is 15.7. The summed E-state index contributed by atoms with van der Waals surface area (Å²) < 4.78 is 4.36. The highest BCUT2D eigenvalue weighted by molar-refractivity contribution is 9.10. The van der Waals surface area contributed by atoms with Gasteiger partial charge in [-0.2, -0.15) is 5.10 Å². The van der Waals surface area contributed by atoms with E-state index in [-0.39, 0.29) is 11.6 Å². The topological polar surface area (TPSA) is 85.8 Å². The van der Waals surface area contributed by atoms with Gasteiger partial charge in [0.15, 0.2) is 5.69 Å². The predicted octanol–water partition coefficient (Wildman–Crippen LogP) is 2.21. The number of carboxylic acids is 1. The van der Waals surface area contributed by atoms with Gasteiger partial charge in [-0.25, -0.2) is 9.48 Å². The van der Waals surface area contributed by atoms with Crippen molar-refractivity contribution in [2.75, 3.05) is 0 Å². The zero-order valence-corrected chi connectivity index (χ0v) is 14.0. The fraction of sp³-hybridized carbons (Fsp3) is 0.538. The standard InChI is InChI=1S/C13H18BrN5O2/c1-5-8-10(14)9(18(4)16-8)6-19-12(7(2)3)11(13(20)21)15-17-19/h7H,5-6H2,1-4H3,(H,20,21). The average Bonchev–Trinajstić information content (AvgIpc) is 2.95. The molecule has 0 aliphatic carbocycles. The normalized spacial score (nSPS) is 11.3. The van der Waals surface area contributed by atoms with Gasteiger partial charge in [0.1, 0.15) is 0 Å². The molecule has 114 valence electrons. The third kappa shape index (κ3) is 2.85. The predicted molar refractivity (Wildman–Crippen MR) is 80.5 cm³/mol. The van der Waals surface area contributed by atoms with Crippen LogP contribution in [-0.2, 0) is 20.0 Å². The molecule has 0 spiro atoms. The maximum atomic E-state index is 11.2. The summed E-state index contributed by atoms with van der Waals surface area (Å²) in [7, 11) is 1.86. The maximum absolute atomic E-state index is 11.2. The van der Waals surface area contributed by atoms with Gasteiger partial charge in [0.25, 0.3) is 0 Å². The van der Waals surface area contributed by atoms with Gasteiger partial charge in [0.2, 0.25) is 0 Å². The summed E-state index contributed by atoms with van der Waals surface area (Å²) >= 11 is 3.56. The number of halogens is 1. The molecule has 0 radical (unpaired) electrons. The summed E-state index contributed by atoms with van der Waals surface area (Å²) in [6.45, 7) is 6.32. The number of nitrogens with zero attached hydrogens (tertiary/aromatic N) is 5. The second kappa shape index (κ2) is 5.97. The van der Waals surface area contributed by atoms with Crippen LogP contribution >= 0.6 is 15.9 Å². The minimum absolute atomic E-state index is 0.0130. The van der Waals surface area contributed by atoms with Crippen molar-refractivity contribution in [1.29, 1.82) is 0 Å². The summed E-state index contributed by atoms with van der Waals surface area (Å²) in [5, 5.41) is 21.4. The Morgan fingerprint density at radius 3 is 2.57 bits per heavy atom. The molecule has 0 amide bonds. The molecule has 0 bridgehead atoms. The van der Waals surface area contributed by atoms with Crippen LogP contribution in [0.1, 0.15) is 54.3 Å². The summed E-state index contributed by atoms with van der Waals surface area (Å²) in [6, 6.07) is 0. The lowest BCUT2D eigenvalue weighted by Crippen LogP contribution is -2.13. The van der Waals surface area contributed by atoms with Crippen LogP contribution in [0.3, 0.4) is 0 Å². The average molecular weight is 356 g/mol. The monoisotopic (exact) mass is 355 g/mol. The number of carbonyl (C=O) groups is 1. The van der Waals surface area contributed by atoms with Crippen molar-refractivity contribution in [3.8, 4) is 0 Å². The van der Waals surface area contributed by atoms with E-state index in [9.17, 15) is 9.90 Å². The lowest BCUT2D eigenvalue weighted by Gasteiger charge is -2.10. The highest BCUT2D eigenvalue weighted by Gasteiger charge is 2.23. The maximum Gasteiger partial charge on any atom is 0.358 e. The van der Waals surface area contributed by atoms with Crippen molar-refractivity contribution in [3.05, 3.63) is 27.2 Å². The van der Waals surface area contributed by atoms with Crippen molar-refractivity contribution in [1.82, 2.24) is 24.8 Å². The first-order valence-electron chi connectivity index (χ1n) is 6.73. The van der Waals surface area contributed by atoms with Crippen LogP contribution in [0.4, 0.5) is 0 Å². The molecule has 0 saturated heterocycles. The van der Waals surface area contributed by atoms with E-state index in [1.54, 1.807) is 9.36 Å². The Hall–Kier alpha value is -1.70. The molecule has 1 N–H and O–H groups in total. The molecule has 0 unspecified atom stereocenters. The fourth-order valence-corrected chi connectivity index (χ4v) is 3.04. The quantitative estimate of drug-likeness (QED) is 0.888. The van der Waals surface area contributed by atoms with Gasteiger partial charge in [-0.05, 0) is 28.3 Å². The minimum Gasteiger partial charge on any atom is -0.476 e. The van der Waals surface area contributed by atoms with Gasteiger partial charge in [0, 0.05) is 7.05 Å². The van der Waals surface area contributed by atoms with Crippen LogP contribution in [0.25, 0.3) is 0 Å². The van der Waals surface area contributed by atoms with Crippen LogP contribution in [0.15, 0.2) is 4.47 Å². The molecule has 0 atom stereocenters. The molecule has 0 fully saturated rings. The van der Waals surface area contributed by atoms with Crippen LogP contribution < -0.4 is 0 Å². The van der Waals surface area contributed by atoms with E-state index in [1.165, 1.54) is 0 Å². The second-order valence-electron chi connectivity index (χ2n) is 5.13. The van der Waals surface area contributed by atoms with E-state index in [2.05, 4.69) is 31.3 Å². The number of hydrogen-bond donors (Lipinski definition) is 1. The van der Waals surface area contributed by atoms with Gasteiger partial charge in [-0.1, -0.05) is 26.0 Å². The number of aryl methyl sites for hydroxylation is 2. The van der Waals surface area contributed by atoms with Gasteiger partial charge < -0.3 is 5.11 Å². The van der Waals surface area contributed by atoms with Crippen LogP contribution in [-0.4, -0.2) is 35.9 Å². The first-order valence-corrected chi connectivity index (χ1v) is 7.53. The molecule has 2 aromatic rings. The highest BCUT2D eigenvalue weighted by atomic mass is 79.9. The number of aromatic nitrogens is 5. The van der Waals surface area contributed by atoms with E-state index < -0.39 is 5.97 Å². The third-order valence-corrected chi connectivity index (χ3v) is 4.24. The number of rotatable bonds is 5. The van der Waals surface area contributed by atoms with E-state index in [0.717, 1.165) is 22.3 Å². The van der Waals surface area contributed by atoms with Gasteiger partial charge in [-0.3, -0.25) is 4.68 Å². The Balaban J connectivity index is 2.45. The van der Waals surface area contributed by atoms with Gasteiger partial charge in [0.05, 0.1) is 28.1 Å². The molecular formula is C13H18BrN5O2. The lowest BCUT2D eigenvalue weighted by atomic mass is 10.1. The summed E-state index contributed by atoms with van der Waals surface area (Å²) in [6.07, 6.45) is 0.823. The third-order valence-electron chi connectivity index (χ3n) is 3.33. The molecule has 0 aliphatic rings. The minimum atomic E-state index is -1.05. The van der Waals surface area contributed by atoms with E-state index >= 15 is 0 Å². The lowest BCUT2D eigenvalue weighted by molar-refractivity contribution is 0.0688. The van der Waals surface area contributed by atoms with Crippen molar-refractivity contribution in [3.63, 3.8) is 0 Å². The summed E-state index contributed by atoms with van der Waals surface area (Å²) in [5.41, 5.74) is 2.54. The molecule has 21 heavy (non-hydrogen) atoms. The molecule has 2 rings (SSSR count). The first-order chi connectivity index (χ1) is 9.86. The summed E-state index contributed by atoms with van der Waals surface area (Å²) in [4.78, 5) is 11.2. The van der Waals surface area contributed by atoms with E-state index in [4.69, 9.17) is 0 Å². The Morgan fingerprint density at radius 1 is 1.43 bits per heavy atom. The largest absolute Gasteiger partial charge is 0.476 e. The molecule has 0 aromatic carbocycles. The second-order valence-corrected chi connectivity index (χ2v) is 5.92. The van der Waals surface area contributed by atoms with Gasteiger partial charge >= 0.3 is 5.97 Å². The Kier molecular flexibility index (Phi) is 4.46. The molecule has 2 aromatic heterocycles. The molecule has 2 heterocycles. The Bertz CT molecular complexity index is 674. The number of carboxylic acid groups (broad SMARTS) is 1. The van der Waals surface area contributed by atoms with Crippen LogP contribution in [0.5, 0.6) is 0 Å². The zero-order valence-electron chi connectivity index (χ0n) is 12.5. The van der Waals surface area contributed by atoms with Crippen molar-refractivity contribution >= 4 is 21.9 Å². The van der Waals surface area contributed by atoms with Crippen LogP contribution in [0.2, 0.25) is 0 Å². The van der Waals surface area contributed by atoms with E-state index in [1.807, 2.05) is 27.8 Å². The Morgan fingerprint density at radius 2 is 2.10 bits per heavy atom. The fourth-order valence-electron chi connectivity index (χ4n) is 2.29. The van der Waals surface area contributed by atoms with Crippen molar-refractivity contribution in [2.24, 2.45) is 7.05 Å². The SMILES string of the molecule is CCc1nn(C)c(Cn2nnc(C(=O)O)c2C(C)C)c1Br. The van der Waals surface area contributed by atoms with Crippen molar-refractivity contribution < 1.29 is 9.90 Å². The van der Waals surface area contributed by atoms with Gasteiger partial charge in [-0.15, -0.1) is 5.10 Å². The van der Waals surface area contributed by atoms with Crippen molar-refractivity contribution in [2.45, 2.75) is 39.7 Å². The highest BCUT2D eigenvalue weighted by Crippen LogP contribution is 2.24. The molecule has 8 heteroatoms. The molecular weight excluding hydrogens is 338 g/mol. The molecule has 7 nitrogen and oxygen atoms in total.